The molecule has 0 aliphatic carbocycles. The number of methoxy groups -OCH3 is 1. The second-order valence-corrected chi connectivity index (χ2v) is 6.40. The topological polar surface area (TPSA) is 27.7 Å². The lowest BCUT2D eigenvalue weighted by Gasteiger charge is -2.37. The van der Waals surface area contributed by atoms with Crippen LogP contribution in [0, 0.1) is 0 Å². The maximum atomic E-state index is 5.95. The zero-order chi connectivity index (χ0) is 14.7. The van der Waals surface area contributed by atoms with Gasteiger partial charge >= 0.3 is 0 Å². The highest BCUT2D eigenvalue weighted by atomic mass is 35.5. The molecule has 0 spiro atoms. The minimum atomic E-state index is 0.394. The van der Waals surface area contributed by atoms with E-state index in [0.29, 0.717) is 12.1 Å². The third kappa shape index (κ3) is 3.89. The highest BCUT2D eigenvalue weighted by Gasteiger charge is 2.26. The number of anilines is 1. The van der Waals surface area contributed by atoms with Crippen molar-refractivity contribution in [3.8, 4) is 0 Å². The van der Waals surface area contributed by atoms with Crippen molar-refractivity contribution < 1.29 is 4.74 Å². The van der Waals surface area contributed by atoms with Crippen LogP contribution in [0.4, 0.5) is 5.69 Å². The lowest BCUT2D eigenvalue weighted by Crippen LogP contribution is -2.49. The van der Waals surface area contributed by atoms with Crippen LogP contribution in [0.5, 0.6) is 0 Å². The van der Waals surface area contributed by atoms with Crippen molar-refractivity contribution in [3.05, 3.63) is 29.3 Å². The van der Waals surface area contributed by atoms with Gasteiger partial charge in [-0.1, -0.05) is 11.6 Å². The molecule has 1 N–H and O–H groups in total. The number of hydrogen-bond donors (Lipinski definition) is 1. The quantitative estimate of drug-likeness (QED) is 0.918. The Kier molecular flexibility index (Phi) is 5.01. The summed E-state index contributed by atoms with van der Waals surface area (Å²) in [5.74, 6) is 0. The SMILES string of the molecule is COC1CNC(CN2CCN(c3ccc(Cl)cc3)CC2)C1. The van der Waals surface area contributed by atoms with E-state index in [9.17, 15) is 0 Å². The average molecular weight is 310 g/mol. The predicted octanol–water partition coefficient (Wildman–Crippen LogP) is 1.84. The van der Waals surface area contributed by atoms with Gasteiger partial charge in [-0.3, -0.25) is 4.90 Å². The first-order valence-electron chi connectivity index (χ1n) is 7.73. The first-order chi connectivity index (χ1) is 10.2. The summed E-state index contributed by atoms with van der Waals surface area (Å²) in [4.78, 5) is 5.00. The lowest BCUT2D eigenvalue weighted by atomic mass is 10.1. The summed E-state index contributed by atoms with van der Waals surface area (Å²) in [6, 6.07) is 8.74. The van der Waals surface area contributed by atoms with E-state index in [0.717, 1.165) is 50.7 Å². The Morgan fingerprint density at radius 2 is 1.90 bits per heavy atom. The van der Waals surface area contributed by atoms with E-state index >= 15 is 0 Å². The molecular weight excluding hydrogens is 286 g/mol. The van der Waals surface area contributed by atoms with Crippen LogP contribution in [0.2, 0.25) is 5.02 Å². The van der Waals surface area contributed by atoms with E-state index < -0.39 is 0 Å². The summed E-state index contributed by atoms with van der Waals surface area (Å²) in [5, 5.41) is 4.36. The summed E-state index contributed by atoms with van der Waals surface area (Å²) in [6.07, 6.45) is 1.53. The molecule has 2 aliphatic rings. The molecule has 0 amide bonds. The van der Waals surface area contributed by atoms with Crippen molar-refractivity contribution in [3.63, 3.8) is 0 Å². The number of ether oxygens (including phenoxy) is 1. The number of nitrogens with zero attached hydrogens (tertiary/aromatic N) is 2. The van der Waals surface area contributed by atoms with E-state index in [-0.39, 0.29) is 0 Å². The second-order valence-electron chi connectivity index (χ2n) is 5.96. The van der Waals surface area contributed by atoms with Crippen molar-refractivity contribution in [2.24, 2.45) is 0 Å². The van der Waals surface area contributed by atoms with Gasteiger partial charge in [-0.2, -0.15) is 0 Å². The molecule has 21 heavy (non-hydrogen) atoms. The molecule has 0 bridgehead atoms. The highest BCUT2D eigenvalue weighted by Crippen LogP contribution is 2.20. The van der Waals surface area contributed by atoms with Gasteiger partial charge in [-0.15, -0.1) is 0 Å². The first kappa shape index (κ1) is 15.1. The number of nitrogens with one attached hydrogen (secondary N) is 1. The fourth-order valence-corrected chi connectivity index (χ4v) is 3.38. The summed E-state index contributed by atoms with van der Waals surface area (Å²) in [7, 11) is 1.81. The Morgan fingerprint density at radius 3 is 2.52 bits per heavy atom. The van der Waals surface area contributed by atoms with Crippen LogP contribution in [0.1, 0.15) is 6.42 Å². The molecule has 1 aromatic carbocycles. The zero-order valence-corrected chi connectivity index (χ0v) is 13.4. The Balaban J connectivity index is 1.46. The lowest BCUT2D eigenvalue weighted by molar-refractivity contribution is 0.115. The summed E-state index contributed by atoms with van der Waals surface area (Å²) >= 11 is 5.95. The van der Waals surface area contributed by atoms with Crippen molar-refractivity contribution >= 4 is 17.3 Å². The summed E-state index contributed by atoms with van der Waals surface area (Å²) in [5.41, 5.74) is 1.28. The van der Waals surface area contributed by atoms with E-state index in [1.165, 1.54) is 5.69 Å². The molecule has 2 heterocycles. The van der Waals surface area contributed by atoms with Gasteiger partial charge in [0, 0.05) is 63.1 Å². The molecule has 4 nitrogen and oxygen atoms in total. The maximum Gasteiger partial charge on any atom is 0.0711 e. The van der Waals surface area contributed by atoms with Crippen molar-refractivity contribution in [2.75, 3.05) is 51.3 Å². The average Bonchev–Trinajstić information content (AvgIpc) is 2.97. The standard InChI is InChI=1S/C16H24ClN3O/c1-21-16-10-14(18-11-16)12-19-6-8-20(9-7-19)15-4-2-13(17)3-5-15/h2-5,14,16,18H,6-12H2,1H3. The number of piperazine rings is 1. The summed E-state index contributed by atoms with van der Waals surface area (Å²) < 4.78 is 5.42. The first-order valence-corrected chi connectivity index (χ1v) is 8.11. The molecule has 3 rings (SSSR count). The van der Waals surface area contributed by atoms with Crippen molar-refractivity contribution in [1.82, 2.24) is 10.2 Å². The van der Waals surface area contributed by atoms with Gasteiger partial charge in [0.25, 0.3) is 0 Å². The molecule has 1 aromatic rings. The molecule has 2 fully saturated rings. The van der Waals surface area contributed by atoms with Crippen LogP contribution >= 0.6 is 11.6 Å². The number of benzene rings is 1. The molecule has 2 unspecified atom stereocenters. The van der Waals surface area contributed by atoms with E-state index in [1.807, 2.05) is 12.1 Å². The largest absolute Gasteiger partial charge is 0.380 e. The number of hydrogen-bond acceptors (Lipinski definition) is 4. The van der Waals surface area contributed by atoms with Gasteiger partial charge in [0.2, 0.25) is 0 Å². The van der Waals surface area contributed by atoms with Gasteiger partial charge in [-0.25, -0.2) is 0 Å². The minimum absolute atomic E-state index is 0.394. The Hall–Kier alpha value is -0.810. The molecule has 2 atom stereocenters. The van der Waals surface area contributed by atoms with E-state index in [2.05, 4.69) is 27.2 Å². The third-order valence-electron chi connectivity index (χ3n) is 4.56. The van der Waals surface area contributed by atoms with E-state index in [1.54, 1.807) is 7.11 Å². The van der Waals surface area contributed by atoms with Crippen LogP contribution in [-0.2, 0) is 4.74 Å². The van der Waals surface area contributed by atoms with Gasteiger partial charge in [0.15, 0.2) is 0 Å². The van der Waals surface area contributed by atoms with E-state index in [4.69, 9.17) is 16.3 Å². The van der Waals surface area contributed by atoms with Crippen LogP contribution in [0.15, 0.2) is 24.3 Å². The maximum absolute atomic E-state index is 5.95. The van der Waals surface area contributed by atoms with Gasteiger partial charge < -0.3 is 15.0 Å². The molecule has 0 radical (unpaired) electrons. The normalized spacial score (nSPS) is 27.2. The molecular formula is C16H24ClN3O. The van der Waals surface area contributed by atoms with Crippen LogP contribution in [0.3, 0.4) is 0 Å². The Morgan fingerprint density at radius 1 is 1.19 bits per heavy atom. The van der Waals surface area contributed by atoms with Crippen LogP contribution in [-0.4, -0.2) is 63.4 Å². The van der Waals surface area contributed by atoms with Gasteiger partial charge in [-0.05, 0) is 30.7 Å². The highest BCUT2D eigenvalue weighted by molar-refractivity contribution is 6.30. The minimum Gasteiger partial charge on any atom is -0.380 e. The zero-order valence-electron chi connectivity index (χ0n) is 12.6. The molecule has 2 saturated heterocycles. The molecule has 0 aromatic heterocycles. The number of rotatable bonds is 4. The van der Waals surface area contributed by atoms with Crippen molar-refractivity contribution in [2.45, 2.75) is 18.6 Å². The fourth-order valence-electron chi connectivity index (χ4n) is 3.25. The van der Waals surface area contributed by atoms with Crippen LogP contribution < -0.4 is 10.2 Å². The van der Waals surface area contributed by atoms with Crippen LogP contribution in [0.25, 0.3) is 0 Å². The molecule has 0 saturated carbocycles. The van der Waals surface area contributed by atoms with Crippen molar-refractivity contribution in [1.29, 1.82) is 0 Å². The predicted molar refractivity (Wildman–Crippen MR) is 87.3 cm³/mol. The molecule has 5 heteroatoms. The third-order valence-corrected chi connectivity index (χ3v) is 4.81. The number of halogens is 1. The fraction of sp³-hybridized carbons (Fsp3) is 0.625. The monoisotopic (exact) mass is 309 g/mol. The second kappa shape index (κ2) is 6.97. The Labute approximate surface area is 132 Å². The van der Waals surface area contributed by atoms with Gasteiger partial charge in [0.05, 0.1) is 6.10 Å². The molecule has 2 aliphatic heterocycles. The summed E-state index contributed by atoms with van der Waals surface area (Å²) in [6.45, 7) is 6.54. The Bertz CT molecular complexity index is 445. The smallest absolute Gasteiger partial charge is 0.0711 e. The van der Waals surface area contributed by atoms with Gasteiger partial charge in [0.1, 0.15) is 0 Å². The molecule has 116 valence electrons.